The van der Waals surface area contributed by atoms with E-state index in [2.05, 4.69) is 25.7 Å². The predicted octanol–water partition coefficient (Wildman–Crippen LogP) is 2.53. The van der Waals surface area contributed by atoms with Gasteiger partial charge in [-0.2, -0.15) is 10.3 Å². The van der Waals surface area contributed by atoms with Crippen molar-refractivity contribution >= 4 is 23.2 Å². The minimum Gasteiger partial charge on any atom is -0.465 e. The molecule has 150 valence electrons. The minimum absolute atomic E-state index is 0.127. The molecule has 3 N–H and O–H groups in total. The van der Waals surface area contributed by atoms with Crippen molar-refractivity contribution in [2.24, 2.45) is 5.92 Å². The Morgan fingerprint density at radius 2 is 2.00 bits per heavy atom. The van der Waals surface area contributed by atoms with Crippen LogP contribution < -0.4 is 5.32 Å². The molecule has 1 aliphatic heterocycles. The summed E-state index contributed by atoms with van der Waals surface area (Å²) >= 11 is 0. The van der Waals surface area contributed by atoms with Gasteiger partial charge < -0.3 is 15.3 Å². The van der Waals surface area contributed by atoms with Gasteiger partial charge in [-0.15, -0.1) is 5.10 Å². The topological polar surface area (TPSA) is 124 Å². The van der Waals surface area contributed by atoms with Crippen LogP contribution in [-0.4, -0.2) is 62.0 Å². The maximum Gasteiger partial charge on any atom is 0.407 e. The fourth-order valence-corrected chi connectivity index (χ4v) is 3.62. The second-order valence-electron chi connectivity index (χ2n) is 7.20. The van der Waals surface area contributed by atoms with Gasteiger partial charge in [0.25, 0.3) is 5.91 Å². The lowest BCUT2D eigenvalue weighted by molar-refractivity contribution is 0.0948. The summed E-state index contributed by atoms with van der Waals surface area (Å²) in [7, 11) is 0. The number of fused-ring (bicyclic) bond motifs is 1. The number of carboxylic acid groups (broad SMARTS) is 1. The Hall–Kier alpha value is -3.49. The van der Waals surface area contributed by atoms with Crippen LogP contribution in [0.4, 0.5) is 4.79 Å². The van der Waals surface area contributed by atoms with E-state index in [4.69, 9.17) is 5.11 Å². The highest BCUT2D eigenvalue weighted by atomic mass is 16.4. The van der Waals surface area contributed by atoms with E-state index in [0.29, 0.717) is 42.3 Å². The van der Waals surface area contributed by atoms with Crippen LogP contribution in [0.2, 0.25) is 0 Å². The van der Waals surface area contributed by atoms with Crippen LogP contribution in [0.1, 0.15) is 29.6 Å². The largest absolute Gasteiger partial charge is 0.465 e. The molecule has 0 radical (unpaired) electrons. The van der Waals surface area contributed by atoms with Gasteiger partial charge >= 0.3 is 6.09 Å². The third-order valence-corrected chi connectivity index (χ3v) is 5.32. The molecule has 0 spiro atoms. The van der Waals surface area contributed by atoms with Crippen molar-refractivity contribution < 1.29 is 14.7 Å². The fraction of sp³-hybridized carbons (Fsp3) is 0.350. The number of hydrogen-bond donors (Lipinski definition) is 3. The molecule has 3 heterocycles. The highest BCUT2D eigenvalue weighted by molar-refractivity contribution is 5.95. The Balaban J connectivity index is 1.33. The Bertz CT molecular complexity index is 1030. The van der Waals surface area contributed by atoms with E-state index >= 15 is 0 Å². The van der Waals surface area contributed by atoms with E-state index in [9.17, 15) is 9.59 Å². The number of amides is 2. The quantitative estimate of drug-likeness (QED) is 0.611. The normalized spacial score (nSPS) is 14.8. The molecule has 0 unspecified atom stereocenters. The summed E-state index contributed by atoms with van der Waals surface area (Å²) in [6.45, 7) is 1.71. The monoisotopic (exact) mass is 394 g/mol. The molecule has 0 aliphatic carbocycles. The Kier molecular flexibility index (Phi) is 5.37. The van der Waals surface area contributed by atoms with E-state index in [1.807, 2.05) is 30.3 Å². The number of likely N-dealkylation sites (tertiary alicyclic amines) is 1. The molecular formula is C20H22N6O3. The van der Waals surface area contributed by atoms with Crippen LogP contribution in [0, 0.1) is 5.92 Å². The number of aromatic nitrogens is 4. The molecule has 1 aromatic carbocycles. The zero-order valence-electron chi connectivity index (χ0n) is 15.8. The molecule has 1 fully saturated rings. The lowest BCUT2D eigenvalue weighted by atomic mass is 9.94. The van der Waals surface area contributed by atoms with Crippen molar-refractivity contribution in [1.29, 1.82) is 0 Å². The molecule has 9 heteroatoms. The van der Waals surface area contributed by atoms with Crippen molar-refractivity contribution in [3.63, 3.8) is 0 Å². The number of nitrogens with zero attached hydrogens (tertiary/aromatic N) is 4. The van der Waals surface area contributed by atoms with Gasteiger partial charge in [0.2, 0.25) is 5.65 Å². The Morgan fingerprint density at radius 1 is 1.17 bits per heavy atom. The zero-order chi connectivity index (χ0) is 20.2. The second-order valence-corrected chi connectivity index (χ2v) is 7.20. The van der Waals surface area contributed by atoms with Crippen molar-refractivity contribution in [2.45, 2.75) is 19.3 Å². The number of aromatic amines is 1. The fourth-order valence-electron chi connectivity index (χ4n) is 3.62. The predicted molar refractivity (Wildman–Crippen MR) is 106 cm³/mol. The van der Waals surface area contributed by atoms with Gasteiger partial charge in [-0.3, -0.25) is 4.79 Å². The van der Waals surface area contributed by atoms with Gasteiger partial charge in [0.05, 0.1) is 5.69 Å². The maximum atomic E-state index is 12.5. The standard InChI is InChI=1S/C20H22N6O3/c27-19(21-9-6-13-7-10-26(11-8-13)20(28)29)15-3-1-2-14(12-15)16-4-5-17-18(22-16)24-25-23-17/h1-5,12-13H,6-11H2,(H,21,27)(H,28,29)(H,22,23,24,25). The molecule has 2 aromatic heterocycles. The molecule has 1 saturated heterocycles. The maximum absolute atomic E-state index is 12.5. The number of benzene rings is 1. The molecular weight excluding hydrogens is 372 g/mol. The smallest absolute Gasteiger partial charge is 0.407 e. The molecule has 4 rings (SSSR count). The number of carbonyl (C=O) groups is 2. The number of rotatable bonds is 5. The average Bonchev–Trinajstić information content (AvgIpc) is 3.22. The summed E-state index contributed by atoms with van der Waals surface area (Å²) in [6.07, 6.45) is 1.68. The van der Waals surface area contributed by atoms with Gasteiger partial charge in [-0.25, -0.2) is 9.78 Å². The number of nitrogens with one attached hydrogen (secondary N) is 2. The number of carbonyl (C=O) groups excluding carboxylic acids is 1. The van der Waals surface area contributed by atoms with Crippen molar-refractivity contribution in [3.8, 4) is 11.3 Å². The summed E-state index contributed by atoms with van der Waals surface area (Å²) < 4.78 is 0. The van der Waals surface area contributed by atoms with Crippen LogP contribution in [0.15, 0.2) is 36.4 Å². The number of H-pyrrole nitrogens is 1. The molecule has 3 aromatic rings. The van der Waals surface area contributed by atoms with Gasteiger partial charge in [0.15, 0.2) is 0 Å². The van der Waals surface area contributed by atoms with E-state index in [0.717, 1.165) is 30.5 Å². The second kappa shape index (κ2) is 8.26. The highest BCUT2D eigenvalue weighted by Crippen LogP contribution is 2.21. The van der Waals surface area contributed by atoms with Crippen molar-refractivity contribution in [1.82, 2.24) is 30.6 Å². The highest BCUT2D eigenvalue weighted by Gasteiger charge is 2.22. The Morgan fingerprint density at radius 3 is 2.79 bits per heavy atom. The number of hydrogen-bond acceptors (Lipinski definition) is 5. The van der Waals surface area contributed by atoms with Gasteiger partial charge in [0.1, 0.15) is 5.52 Å². The SMILES string of the molecule is O=C(NCCC1CCN(C(=O)O)CC1)c1cccc(-c2ccc3n[nH]nc3n2)c1. The van der Waals surface area contributed by atoms with Crippen LogP contribution in [0.25, 0.3) is 22.4 Å². The summed E-state index contributed by atoms with van der Waals surface area (Å²) in [6, 6.07) is 11.0. The van der Waals surface area contributed by atoms with Gasteiger partial charge in [-0.05, 0) is 49.4 Å². The van der Waals surface area contributed by atoms with Crippen molar-refractivity contribution in [3.05, 3.63) is 42.0 Å². The molecule has 29 heavy (non-hydrogen) atoms. The van der Waals surface area contributed by atoms with Crippen LogP contribution >= 0.6 is 0 Å². The van der Waals surface area contributed by atoms with E-state index in [1.54, 1.807) is 6.07 Å². The molecule has 2 amide bonds. The third kappa shape index (κ3) is 4.34. The Labute approximate surface area is 167 Å². The minimum atomic E-state index is -0.853. The van der Waals surface area contributed by atoms with Crippen LogP contribution in [0.5, 0.6) is 0 Å². The molecule has 0 saturated carbocycles. The summed E-state index contributed by atoms with van der Waals surface area (Å²) in [4.78, 5) is 29.4. The summed E-state index contributed by atoms with van der Waals surface area (Å²) in [5.41, 5.74) is 3.36. The van der Waals surface area contributed by atoms with E-state index in [1.165, 1.54) is 4.90 Å². The van der Waals surface area contributed by atoms with E-state index < -0.39 is 6.09 Å². The van der Waals surface area contributed by atoms with Crippen LogP contribution in [0.3, 0.4) is 0 Å². The summed E-state index contributed by atoms with van der Waals surface area (Å²) in [5.74, 6) is 0.313. The lowest BCUT2D eigenvalue weighted by Crippen LogP contribution is -2.38. The average molecular weight is 394 g/mol. The zero-order valence-corrected chi connectivity index (χ0v) is 15.8. The number of pyridine rings is 1. The van der Waals surface area contributed by atoms with E-state index in [-0.39, 0.29) is 5.91 Å². The molecule has 0 atom stereocenters. The lowest BCUT2D eigenvalue weighted by Gasteiger charge is -2.29. The molecule has 1 aliphatic rings. The summed E-state index contributed by atoms with van der Waals surface area (Å²) in [5, 5.41) is 22.5. The first kappa shape index (κ1) is 18.9. The van der Waals surface area contributed by atoms with Gasteiger partial charge in [0, 0.05) is 30.8 Å². The van der Waals surface area contributed by atoms with Crippen molar-refractivity contribution in [2.75, 3.05) is 19.6 Å². The first-order valence-electron chi connectivity index (χ1n) is 9.64. The molecule has 9 nitrogen and oxygen atoms in total. The first-order valence-corrected chi connectivity index (χ1v) is 9.64. The molecule has 0 bridgehead atoms. The van der Waals surface area contributed by atoms with Crippen LogP contribution in [-0.2, 0) is 0 Å². The third-order valence-electron chi connectivity index (χ3n) is 5.32. The number of piperidine rings is 1. The first-order chi connectivity index (χ1) is 14.1. The van der Waals surface area contributed by atoms with Gasteiger partial charge in [-0.1, -0.05) is 12.1 Å².